The van der Waals surface area contributed by atoms with Gasteiger partial charge < -0.3 is 0 Å². The first-order valence-electron chi connectivity index (χ1n) is 4.77. The zero-order valence-electron chi connectivity index (χ0n) is 9.88. The number of hydrogen-bond donors (Lipinski definition) is 0. The minimum Gasteiger partial charge on any atom is -0.247 e. The van der Waals surface area contributed by atoms with Crippen LogP contribution in [0.1, 0.15) is 0 Å². The van der Waals surface area contributed by atoms with Gasteiger partial charge in [-0.3, -0.25) is 0 Å². The summed E-state index contributed by atoms with van der Waals surface area (Å²) in [6.07, 6.45) is -12.1. The molecule has 0 aliphatic heterocycles. The van der Waals surface area contributed by atoms with Crippen molar-refractivity contribution >= 4 is 0 Å². The summed E-state index contributed by atoms with van der Waals surface area (Å²) >= 11 is 0. The van der Waals surface area contributed by atoms with Crippen molar-refractivity contribution in [1.29, 1.82) is 0 Å². The van der Waals surface area contributed by atoms with Crippen LogP contribution in [0.15, 0.2) is 0 Å². The van der Waals surface area contributed by atoms with E-state index in [1.54, 1.807) is 0 Å². The maximum atomic E-state index is 12.9. The molecule has 0 aromatic rings. The normalized spacial score (nSPS) is 18.3. The molecule has 23 heavy (non-hydrogen) atoms. The predicted octanol–water partition coefficient (Wildman–Crippen LogP) is 5.20. The monoisotopic (exact) mass is 383 g/mol. The Morgan fingerprint density at radius 2 is 0.913 bits per heavy atom. The van der Waals surface area contributed by atoms with Gasteiger partial charge in [0.05, 0.1) is 0 Å². The largest absolute Gasteiger partial charge is 0.431 e. The first-order valence-corrected chi connectivity index (χ1v) is 4.77. The van der Waals surface area contributed by atoms with Crippen molar-refractivity contribution in [2.45, 2.75) is 35.5 Å². The molecule has 0 rings (SSSR count). The number of alkyl halides is 13. The van der Waals surface area contributed by atoms with Crippen molar-refractivity contribution in [3.05, 3.63) is 6.43 Å². The molecule has 0 aromatic heterocycles. The zero-order chi connectivity index (χ0) is 19.3. The molecule has 0 aromatic carbocycles. The van der Waals surface area contributed by atoms with E-state index in [0.717, 1.165) is 0 Å². The van der Waals surface area contributed by atoms with Gasteiger partial charge in [-0.05, 0) is 0 Å². The van der Waals surface area contributed by atoms with Crippen molar-refractivity contribution in [2.75, 3.05) is 6.67 Å². The molecule has 0 saturated carbocycles. The minimum atomic E-state index is -8.05. The predicted molar refractivity (Wildman–Crippen MR) is 41.1 cm³/mol. The maximum absolute atomic E-state index is 12.9. The lowest BCUT2D eigenvalue weighted by Gasteiger charge is -2.41. The van der Waals surface area contributed by atoms with E-state index in [1.165, 1.54) is 0 Å². The summed E-state index contributed by atoms with van der Waals surface area (Å²) in [6, 6.07) is 0. The first-order chi connectivity index (χ1) is 9.75. The molecule has 0 nitrogen and oxygen atoms in total. The fraction of sp³-hybridized carbons (Fsp3) is 0.875. The molecule has 15 heteroatoms. The van der Waals surface area contributed by atoms with Gasteiger partial charge in [-0.1, -0.05) is 0 Å². The van der Waals surface area contributed by atoms with Crippen molar-refractivity contribution in [3.8, 4) is 0 Å². The molecule has 1 atom stereocenters. The average molecular weight is 383 g/mol. The molecular formula is C8H2F15. The molecule has 1 radical (unpaired) electrons. The summed E-state index contributed by atoms with van der Waals surface area (Å²) < 4.78 is 185. The van der Waals surface area contributed by atoms with Crippen LogP contribution in [-0.4, -0.2) is 42.2 Å². The molecule has 0 saturated heterocycles. The van der Waals surface area contributed by atoms with E-state index >= 15 is 0 Å². The van der Waals surface area contributed by atoms with Crippen LogP contribution in [0.2, 0.25) is 0 Å². The van der Waals surface area contributed by atoms with E-state index in [2.05, 4.69) is 0 Å². The topological polar surface area (TPSA) is 0 Å². The molecule has 0 N–H and O–H groups in total. The average Bonchev–Trinajstić information content (AvgIpc) is 2.34. The third-order valence-electron chi connectivity index (χ3n) is 2.55. The highest BCUT2D eigenvalue weighted by atomic mass is 19.4. The van der Waals surface area contributed by atoms with Gasteiger partial charge in [0.1, 0.15) is 6.67 Å². The zero-order valence-corrected chi connectivity index (χ0v) is 9.88. The Morgan fingerprint density at radius 1 is 0.565 bits per heavy atom. The van der Waals surface area contributed by atoms with Crippen LogP contribution in [0.5, 0.6) is 0 Å². The van der Waals surface area contributed by atoms with E-state index in [-0.39, 0.29) is 0 Å². The summed E-state index contributed by atoms with van der Waals surface area (Å²) in [4.78, 5) is 0. The van der Waals surface area contributed by atoms with Crippen LogP contribution < -0.4 is 0 Å². The van der Waals surface area contributed by atoms with E-state index in [0.29, 0.717) is 0 Å². The van der Waals surface area contributed by atoms with E-state index in [4.69, 9.17) is 0 Å². The maximum Gasteiger partial charge on any atom is 0.431 e. The summed E-state index contributed by atoms with van der Waals surface area (Å²) in [6.45, 7) is -4.08. The third-order valence-corrected chi connectivity index (χ3v) is 2.55. The van der Waals surface area contributed by atoms with Gasteiger partial charge in [0.15, 0.2) is 0 Å². The van der Waals surface area contributed by atoms with Crippen molar-refractivity contribution in [3.63, 3.8) is 0 Å². The van der Waals surface area contributed by atoms with Crippen LogP contribution in [0.4, 0.5) is 65.9 Å². The van der Waals surface area contributed by atoms with Crippen LogP contribution in [0.25, 0.3) is 0 Å². The molecule has 0 fully saturated rings. The Labute approximate surface area is 116 Å². The van der Waals surface area contributed by atoms with E-state index in [9.17, 15) is 65.9 Å². The second kappa shape index (κ2) is 5.50. The summed E-state index contributed by atoms with van der Waals surface area (Å²) in [5, 5.41) is 0. The van der Waals surface area contributed by atoms with Gasteiger partial charge in [-0.15, -0.1) is 0 Å². The van der Waals surface area contributed by atoms with Gasteiger partial charge in [0, 0.05) is 0 Å². The summed E-state index contributed by atoms with van der Waals surface area (Å²) in [7, 11) is 0. The van der Waals surface area contributed by atoms with Gasteiger partial charge in [0.2, 0.25) is 0 Å². The van der Waals surface area contributed by atoms with Crippen molar-refractivity contribution in [1.82, 2.24) is 0 Å². The third kappa shape index (κ3) is 2.68. The first kappa shape index (κ1) is 21.9. The lowest BCUT2D eigenvalue weighted by Crippen LogP contribution is -2.72. The highest BCUT2D eigenvalue weighted by Gasteiger charge is 2.91. The van der Waals surface area contributed by atoms with Gasteiger partial charge in [0.25, 0.3) is 0 Å². The summed E-state index contributed by atoms with van der Waals surface area (Å²) in [5.74, 6) is -31.2. The van der Waals surface area contributed by atoms with Crippen LogP contribution in [0, 0.1) is 6.43 Å². The van der Waals surface area contributed by atoms with Crippen LogP contribution >= 0.6 is 0 Å². The molecule has 0 spiro atoms. The summed E-state index contributed by atoms with van der Waals surface area (Å²) in [5.41, 5.74) is -7.05. The molecule has 0 aliphatic carbocycles. The molecule has 0 aliphatic rings. The van der Waals surface area contributed by atoms with Crippen molar-refractivity contribution < 1.29 is 65.9 Å². The molecule has 0 heterocycles. The Bertz CT molecular complexity index is 420. The Morgan fingerprint density at radius 3 is 1.13 bits per heavy atom. The van der Waals surface area contributed by atoms with Crippen LogP contribution in [-0.2, 0) is 0 Å². The standard InChI is InChI=1S/C8H2F15/c9-1-3(12,8(21,22)23)5(15,16)7(19,20)6(17,18)4(13,14)2(10)11/h1H2. The SMILES string of the molecule is FCC(F)(C(F)(F)F)C(F)(F)C(F)(F)C(F)(F)C(F)(F)[C](F)F. The molecule has 139 valence electrons. The lowest BCUT2D eigenvalue weighted by molar-refractivity contribution is -0.418. The fourth-order valence-corrected chi connectivity index (χ4v) is 1.10. The highest BCUT2D eigenvalue weighted by Crippen LogP contribution is 2.61. The second-order valence-electron chi connectivity index (χ2n) is 3.99. The highest BCUT2D eigenvalue weighted by molar-refractivity contribution is 5.15. The molecule has 0 amide bonds. The smallest absolute Gasteiger partial charge is 0.247 e. The molecule has 1 unspecified atom stereocenters. The Balaban J connectivity index is 6.38. The number of halogens is 15. The van der Waals surface area contributed by atoms with Gasteiger partial charge in [-0.2, -0.15) is 57.1 Å². The quantitative estimate of drug-likeness (QED) is 0.554. The Kier molecular flexibility index (Phi) is 5.25. The van der Waals surface area contributed by atoms with Crippen LogP contribution in [0.3, 0.4) is 0 Å². The van der Waals surface area contributed by atoms with E-state index < -0.39 is 48.6 Å². The molecule has 0 bridgehead atoms. The van der Waals surface area contributed by atoms with E-state index in [1.807, 2.05) is 0 Å². The lowest BCUT2D eigenvalue weighted by atomic mass is 9.87. The Hall–Kier alpha value is -1.05. The van der Waals surface area contributed by atoms with Gasteiger partial charge >= 0.3 is 42.0 Å². The minimum absolute atomic E-state index is 4.08. The van der Waals surface area contributed by atoms with Gasteiger partial charge in [-0.25, -0.2) is 8.78 Å². The van der Waals surface area contributed by atoms with Crippen molar-refractivity contribution in [2.24, 2.45) is 0 Å². The second-order valence-corrected chi connectivity index (χ2v) is 3.99. The number of hydrogen-bond acceptors (Lipinski definition) is 0. The number of rotatable bonds is 6. The molecular weight excluding hydrogens is 381 g/mol. The fourth-order valence-electron chi connectivity index (χ4n) is 1.10.